The van der Waals surface area contributed by atoms with E-state index in [0.717, 1.165) is 0 Å². The predicted octanol–water partition coefficient (Wildman–Crippen LogP) is 5.44. The SMILES string of the molecule is O=C(Cn1c2ccccc2c(=O)c2ccccc21)Nc1cccc(NC(=O)Nc2ccccc2)c1. The lowest BCUT2D eigenvalue weighted by molar-refractivity contribution is -0.116. The largest absolute Gasteiger partial charge is 0.331 e. The van der Waals surface area contributed by atoms with Gasteiger partial charge >= 0.3 is 6.03 Å². The maximum Gasteiger partial charge on any atom is 0.323 e. The lowest BCUT2D eigenvalue weighted by Crippen LogP contribution is -2.22. The maximum absolute atomic E-state index is 13.0. The Hall–Kier alpha value is -4.91. The summed E-state index contributed by atoms with van der Waals surface area (Å²) in [6, 6.07) is 30.2. The van der Waals surface area contributed by atoms with Gasteiger partial charge in [0.1, 0.15) is 6.54 Å². The second-order valence-corrected chi connectivity index (χ2v) is 8.02. The number of para-hydroxylation sites is 3. The molecule has 1 heterocycles. The van der Waals surface area contributed by atoms with Crippen molar-refractivity contribution in [3.8, 4) is 0 Å². The van der Waals surface area contributed by atoms with Crippen molar-refractivity contribution in [3.63, 3.8) is 0 Å². The standard InChI is InChI=1S/C28H22N4O3/c33-26(18-32-24-15-6-4-13-22(24)27(34)23-14-5-7-16-25(23)32)29-20-11-8-12-21(17-20)31-28(35)30-19-9-2-1-3-10-19/h1-17H,18H2,(H,29,33)(H2,30,31,35). The molecule has 0 fully saturated rings. The second-order valence-electron chi connectivity index (χ2n) is 8.02. The quantitative estimate of drug-likeness (QED) is 0.304. The van der Waals surface area contributed by atoms with Gasteiger partial charge < -0.3 is 20.5 Å². The number of urea groups is 1. The van der Waals surface area contributed by atoms with E-state index in [0.29, 0.717) is 38.9 Å². The Morgan fingerprint density at radius 1 is 0.600 bits per heavy atom. The van der Waals surface area contributed by atoms with Gasteiger partial charge in [0.15, 0.2) is 5.43 Å². The molecule has 0 saturated heterocycles. The number of nitrogens with zero attached hydrogens (tertiary/aromatic N) is 1. The van der Waals surface area contributed by atoms with E-state index in [2.05, 4.69) is 16.0 Å². The molecule has 0 bridgehead atoms. The molecule has 3 amide bonds. The molecule has 7 heteroatoms. The summed E-state index contributed by atoms with van der Waals surface area (Å²) in [5.74, 6) is -0.255. The highest BCUT2D eigenvalue weighted by Gasteiger charge is 2.13. The van der Waals surface area contributed by atoms with Crippen LogP contribution in [0.3, 0.4) is 0 Å². The molecule has 4 aromatic carbocycles. The summed E-state index contributed by atoms with van der Waals surface area (Å²) >= 11 is 0. The number of fused-ring (bicyclic) bond motifs is 2. The number of benzene rings is 4. The Bertz CT molecular complexity index is 1550. The number of pyridine rings is 1. The van der Waals surface area contributed by atoms with E-state index in [9.17, 15) is 14.4 Å². The summed E-state index contributed by atoms with van der Waals surface area (Å²) < 4.78 is 1.84. The molecule has 35 heavy (non-hydrogen) atoms. The van der Waals surface area contributed by atoms with Crippen molar-refractivity contribution < 1.29 is 9.59 Å². The molecule has 7 nitrogen and oxygen atoms in total. The highest BCUT2D eigenvalue weighted by atomic mass is 16.2. The molecule has 5 rings (SSSR count). The summed E-state index contributed by atoms with van der Waals surface area (Å²) in [6.45, 7) is 0.0213. The van der Waals surface area contributed by atoms with Gasteiger partial charge in [-0.05, 0) is 54.6 Å². The molecule has 0 aliphatic heterocycles. The van der Waals surface area contributed by atoms with Gasteiger partial charge in [0.25, 0.3) is 0 Å². The number of anilines is 3. The number of hydrogen-bond donors (Lipinski definition) is 3. The Labute approximate surface area is 201 Å². The van der Waals surface area contributed by atoms with E-state index in [1.165, 1.54) is 0 Å². The van der Waals surface area contributed by atoms with Gasteiger partial charge in [0.05, 0.1) is 11.0 Å². The van der Waals surface area contributed by atoms with Crippen molar-refractivity contribution >= 4 is 50.8 Å². The van der Waals surface area contributed by atoms with Crippen molar-refractivity contribution in [2.24, 2.45) is 0 Å². The summed E-state index contributed by atoms with van der Waals surface area (Å²) in [4.78, 5) is 38.2. The first-order valence-electron chi connectivity index (χ1n) is 11.1. The maximum atomic E-state index is 13.0. The summed E-state index contributed by atoms with van der Waals surface area (Å²) in [5.41, 5.74) is 3.09. The lowest BCUT2D eigenvalue weighted by Gasteiger charge is -2.15. The first kappa shape index (κ1) is 21.9. The van der Waals surface area contributed by atoms with Crippen LogP contribution in [0, 0.1) is 0 Å². The van der Waals surface area contributed by atoms with Crippen molar-refractivity contribution in [1.82, 2.24) is 4.57 Å². The van der Waals surface area contributed by atoms with Crippen molar-refractivity contribution in [2.45, 2.75) is 6.54 Å². The number of amides is 3. The fraction of sp³-hybridized carbons (Fsp3) is 0.0357. The number of aromatic nitrogens is 1. The van der Waals surface area contributed by atoms with E-state index < -0.39 is 0 Å². The molecule has 0 saturated carbocycles. The highest BCUT2D eigenvalue weighted by molar-refractivity contribution is 6.01. The zero-order valence-electron chi connectivity index (χ0n) is 18.7. The monoisotopic (exact) mass is 462 g/mol. The van der Waals surface area contributed by atoms with Crippen LogP contribution in [0.2, 0.25) is 0 Å². The van der Waals surface area contributed by atoms with Gasteiger partial charge in [-0.1, -0.05) is 48.5 Å². The molecule has 0 aliphatic rings. The zero-order chi connectivity index (χ0) is 24.2. The fourth-order valence-electron chi connectivity index (χ4n) is 4.08. The van der Waals surface area contributed by atoms with Crippen LogP contribution < -0.4 is 21.4 Å². The second kappa shape index (κ2) is 9.52. The fourth-order valence-corrected chi connectivity index (χ4v) is 4.08. The van der Waals surface area contributed by atoms with Gasteiger partial charge in [0, 0.05) is 27.8 Å². The zero-order valence-corrected chi connectivity index (χ0v) is 18.7. The average Bonchev–Trinajstić information content (AvgIpc) is 2.87. The van der Waals surface area contributed by atoms with Crippen LogP contribution in [0.4, 0.5) is 21.9 Å². The normalized spacial score (nSPS) is 10.7. The minimum Gasteiger partial charge on any atom is -0.331 e. The lowest BCUT2D eigenvalue weighted by atomic mass is 10.1. The first-order chi connectivity index (χ1) is 17.1. The minimum atomic E-state index is -0.383. The Morgan fingerprint density at radius 2 is 1.11 bits per heavy atom. The Kier molecular flexibility index (Phi) is 5.96. The van der Waals surface area contributed by atoms with E-state index in [1.807, 2.05) is 59.2 Å². The molecule has 172 valence electrons. The molecular formula is C28H22N4O3. The molecule has 1 aromatic heterocycles. The number of rotatable bonds is 5. The third kappa shape index (κ3) is 4.74. The average molecular weight is 463 g/mol. The van der Waals surface area contributed by atoms with Gasteiger partial charge in [-0.3, -0.25) is 9.59 Å². The number of carbonyl (C=O) groups excluding carboxylic acids is 2. The molecule has 0 aliphatic carbocycles. The highest BCUT2D eigenvalue weighted by Crippen LogP contribution is 2.20. The molecule has 3 N–H and O–H groups in total. The molecule has 5 aromatic rings. The van der Waals surface area contributed by atoms with Crippen LogP contribution in [0.5, 0.6) is 0 Å². The summed E-state index contributed by atoms with van der Waals surface area (Å²) in [6.07, 6.45) is 0. The van der Waals surface area contributed by atoms with Crippen LogP contribution in [0.25, 0.3) is 21.8 Å². The summed E-state index contributed by atoms with van der Waals surface area (Å²) in [7, 11) is 0. The smallest absolute Gasteiger partial charge is 0.323 e. The molecule has 0 spiro atoms. The van der Waals surface area contributed by atoms with Crippen LogP contribution in [-0.4, -0.2) is 16.5 Å². The van der Waals surface area contributed by atoms with E-state index >= 15 is 0 Å². The van der Waals surface area contributed by atoms with Gasteiger partial charge in [-0.2, -0.15) is 0 Å². The number of nitrogens with one attached hydrogen (secondary N) is 3. The van der Waals surface area contributed by atoms with E-state index in [4.69, 9.17) is 0 Å². The van der Waals surface area contributed by atoms with Crippen LogP contribution in [0.1, 0.15) is 0 Å². The molecule has 0 atom stereocenters. The van der Waals surface area contributed by atoms with E-state index in [-0.39, 0.29) is 23.9 Å². The van der Waals surface area contributed by atoms with Crippen LogP contribution >= 0.6 is 0 Å². The Morgan fingerprint density at radius 3 is 1.77 bits per heavy atom. The van der Waals surface area contributed by atoms with Crippen molar-refractivity contribution in [1.29, 1.82) is 0 Å². The third-order valence-electron chi connectivity index (χ3n) is 5.62. The predicted molar refractivity (Wildman–Crippen MR) is 140 cm³/mol. The minimum absolute atomic E-state index is 0.0213. The molecule has 0 radical (unpaired) electrons. The van der Waals surface area contributed by atoms with Gasteiger partial charge in [0.2, 0.25) is 5.91 Å². The third-order valence-corrected chi connectivity index (χ3v) is 5.62. The Balaban J connectivity index is 1.35. The molecular weight excluding hydrogens is 440 g/mol. The summed E-state index contributed by atoms with van der Waals surface area (Å²) in [5, 5.41) is 9.54. The van der Waals surface area contributed by atoms with Crippen molar-refractivity contribution in [2.75, 3.05) is 16.0 Å². The molecule has 0 unspecified atom stereocenters. The van der Waals surface area contributed by atoms with Crippen LogP contribution in [0.15, 0.2) is 108 Å². The van der Waals surface area contributed by atoms with Gasteiger partial charge in [-0.25, -0.2) is 4.79 Å². The first-order valence-corrected chi connectivity index (χ1v) is 11.1. The van der Waals surface area contributed by atoms with Crippen LogP contribution in [-0.2, 0) is 11.3 Å². The number of hydrogen-bond acceptors (Lipinski definition) is 3. The van der Waals surface area contributed by atoms with E-state index in [1.54, 1.807) is 48.5 Å². The topological polar surface area (TPSA) is 92.2 Å². The van der Waals surface area contributed by atoms with Crippen molar-refractivity contribution in [3.05, 3.63) is 113 Å². The van der Waals surface area contributed by atoms with Gasteiger partial charge in [-0.15, -0.1) is 0 Å². The number of carbonyl (C=O) groups is 2.